The second-order valence-corrected chi connectivity index (χ2v) is 15.1. The number of ketones is 1. The number of oxime groups is 1. The van der Waals surface area contributed by atoms with Gasteiger partial charge in [0.25, 0.3) is 6.47 Å². The Morgan fingerprint density at radius 3 is 2.53 bits per heavy atom. The number of nitrogen functional groups attached to an aromatic ring is 1. The lowest BCUT2D eigenvalue weighted by molar-refractivity contribution is -0.687. The van der Waals surface area contributed by atoms with Crippen LogP contribution in [0.4, 0.5) is 5.13 Å². The molecule has 1 fully saturated rings. The molecule has 0 radical (unpaired) electrons. The Hall–Kier alpha value is -6.48. The number of fused-ring (bicyclic) bond motifs is 2. The van der Waals surface area contributed by atoms with Gasteiger partial charge in [-0.2, -0.15) is 0 Å². The van der Waals surface area contributed by atoms with Gasteiger partial charge in [-0.1, -0.05) is 17.3 Å². The molecule has 6 rings (SSSR count). The number of aliphatic carboxylic acids is 2. The lowest BCUT2D eigenvalue weighted by atomic mass is 9.89. The van der Waals surface area contributed by atoms with Crippen LogP contribution >= 0.6 is 23.1 Å². The summed E-state index contributed by atoms with van der Waals surface area (Å²) in [6, 6.07) is 11.6. The number of nitrogens with two attached hydrogens (primary N) is 3. The van der Waals surface area contributed by atoms with Gasteiger partial charge >= 0.3 is 5.97 Å². The second-order valence-electron chi connectivity index (χ2n) is 13.1. The van der Waals surface area contributed by atoms with Crippen LogP contribution in [0.2, 0.25) is 0 Å². The van der Waals surface area contributed by atoms with Crippen molar-refractivity contribution in [3.63, 3.8) is 0 Å². The van der Waals surface area contributed by atoms with Crippen LogP contribution in [0.25, 0.3) is 10.9 Å². The summed E-state index contributed by atoms with van der Waals surface area (Å²) in [4.78, 5) is 73.7. The van der Waals surface area contributed by atoms with E-state index in [-0.39, 0.29) is 53.4 Å². The van der Waals surface area contributed by atoms with Crippen LogP contribution in [-0.4, -0.2) is 96.3 Å². The summed E-state index contributed by atoms with van der Waals surface area (Å²) in [7, 11) is 0. The summed E-state index contributed by atoms with van der Waals surface area (Å²) >= 11 is 2.39. The maximum atomic E-state index is 13.5. The maximum absolute atomic E-state index is 13.5. The number of hydrogen-bond acceptors (Lipinski definition) is 14. The Labute approximate surface area is 333 Å². The number of anilines is 1. The summed E-state index contributed by atoms with van der Waals surface area (Å²) in [6.45, 7) is 3.80. The van der Waals surface area contributed by atoms with Crippen molar-refractivity contribution in [3.8, 4) is 5.75 Å². The molecule has 2 aliphatic heterocycles. The number of thiazole rings is 1. The van der Waals surface area contributed by atoms with Crippen LogP contribution in [0.1, 0.15) is 31.5 Å². The van der Waals surface area contributed by atoms with E-state index in [9.17, 15) is 29.4 Å². The first kappa shape index (κ1) is 41.7. The molecule has 2 atom stereocenters. The van der Waals surface area contributed by atoms with Gasteiger partial charge in [0.05, 0.1) is 40.4 Å². The number of carbonyl (C=O) groups excluding carboxylic acids is 3. The number of β-lactam (4-membered cyclic amide) rings is 1. The lowest BCUT2D eigenvalue weighted by Gasteiger charge is -2.50. The highest BCUT2D eigenvalue weighted by Crippen LogP contribution is 2.45. The van der Waals surface area contributed by atoms with Gasteiger partial charge in [-0.25, -0.2) is 14.3 Å². The second kappa shape index (κ2) is 18.0. The number of ether oxygens (including phenoxy) is 1. The Bertz CT molecular complexity index is 2260. The molecular formula is C36H39N9O10S2. The molecule has 8 N–H and O–H groups in total. The summed E-state index contributed by atoms with van der Waals surface area (Å²) in [5.41, 5.74) is 16.8. The van der Waals surface area contributed by atoms with Gasteiger partial charge in [-0.3, -0.25) is 24.3 Å². The van der Waals surface area contributed by atoms with E-state index in [1.165, 1.54) is 35.9 Å². The van der Waals surface area contributed by atoms with Crippen LogP contribution in [0.3, 0.4) is 0 Å². The first-order chi connectivity index (χ1) is 27.1. The van der Waals surface area contributed by atoms with Crippen molar-refractivity contribution in [3.05, 3.63) is 82.9 Å². The SMILES string of the molecule is CC(C)(O/N=C(\C(=O)C[C@@H]1C(=O)N2C(C(=O)[O-])=C(C[n+]3ccc4c(ccn4Cc4ccc(OCCN=C(N)N)cc4)c3)CS[C@H]12)c1csc(N)n1)C(=O)O.O=CO. The minimum Gasteiger partial charge on any atom is -0.543 e. The van der Waals surface area contributed by atoms with Gasteiger partial charge < -0.3 is 51.5 Å². The average molecular weight is 822 g/mol. The normalized spacial score (nSPS) is 16.5. The van der Waals surface area contributed by atoms with Crippen molar-refractivity contribution >= 4 is 80.9 Å². The highest BCUT2D eigenvalue weighted by molar-refractivity contribution is 8.00. The molecule has 0 unspecified atom stereocenters. The molecule has 5 heterocycles. The maximum Gasteiger partial charge on any atom is 0.350 e. The third kappa shape index (κ3) is 9.86. The molecule has 0 spiro atoms. The number of Topliss-reactive ketones (excluding diaryl/α,β-unsaturated/α-hetero) is 1. The fourth-order valence-corrected chi connectivity index (χ4v) is 7.88. The summed E-state index contributed by atoms with van der Waals surface area (Å²) in [6.07, 6.45) is 5.40. The van der Waals surface area contributed by atoms with Crippen molar-refractivity contribution in [1.29, 1.82) is 0 Å². The number of carboxylic acid groups (broad SMARTS) is 3. The molecule has 4 aromatic rings. The van der Waals surface area contributed by atoms with Crippen molar-refractivity contribution in [2.75, 3.05) is 24.6 Å². The fraction of sp³-hybridized carbons (Fsp3) is 0.306. The molecular weight excluding hydrogens is 783 g/mol. The number of nitrogens with zero attached hydrogens (tertiary/aromatic N) is 6. The topological polar surface area (TPSA) is 295 Å². The van der Waals surface area contributed by atoms with E-state index < -0.39 is 40.5 Å². The van der Waals surface area contributed by atoms with Crippen molar-refractivity contribution in [2.45, 2.75) is 44.3 Å². The van der Waals surface area contributed by atoms with E-state index in [2.05, 4.69) is 19.7 Å². The number of benzene rings is 1. The average Bonchev–Trinajstić information content (AvgIpc) is 3.78. The van der Waals surface area contributed by atoms with Gasteiger partial charge in [0, 0.05) is 41.9 Å². The number of aromatic nitrogens is 3. The number of rotatable bonds is 16. The minimum absolute atomic E-state index is 0.0174. The Kier molecular flexibility index (Phi) is 13.1. The predicted molar refractivity (Wildman–Crippen MR) is 207 cm³/mol. The smallest absolute Gasteiger partial charge is 0.350 e. The highest BCUT2D eigenvalue weighted by atomic mass is 32.2. The zero-order valence-electron chi connectivity index (χ0n) is 30.6. The molecule has 1 amide bonds. The number of pyridine rings is 1. The molecule has 19 nitrogen and oxygen atoms in total. The number of guanidine groups is 1. The molecule has 0 saturated carbocycles. The lowest BCUT2D eigenvalue weighted by Crippen LogP contribution is -2.63. The van der Waals surface area contributed by atoms with E-state index >= 15 is 0 Å². The zero-order valence-corrected chi connectivity index (χ0v) is 32.3. The van der Waals surface area contributed by atoms with E-state index in [1.807, 2.05) is 59.6 Å². The van der Waals surface area contributed by atoms with Crippen LogP contribution in [0.5, 0.6) is 5.75 Å². The quantitative estimate of drug-likeness (QED) is 0.0191. The van der Waals surface area contributed by atoms with Crippen molar-refractivity contribution in [1.82, 2.24) is 14.5 Å². The monoisotopic (exact) mass is 821 g/mol. The van der Waals surface area contributed by atoms with Crippen LogP contribution in [-0.2, 0) is 41.9 Å². The van der Waals surface area contributed by atoms with Gasteiger partial charge in [-0.15, -0.1) is 23.1 Å². The van der Waals surface area contributed by atoms with Crippen LogP contribution < -0.4 is 31.6 Å². The molecule has 300 valence electrons. The van der Waals surface area contributed by atoms with Gasteiger partial charge in [0.15, 0.2) is 41.5 Å². The Morgan fingerprint density at radius 1 is 1.18 bits per heavy atom. The molecule has 0 aliphatic carbocycles. The Morgan fingerprint density at radius 2 is 1.89 bits per heavy atom. The minimum atomic E-state index is -1.76. The largest absolute Gasteiger partial charge is 0.543 e. The highest BCUT2D eigenvalue weighted by Gasteiger charge is 2.53. The number of carbonyl (C=O) groups is 5. The summed E-state index contributed by atoms with van der Waals surface area (Å²) in [5.74, 6) is -3.85. The fourth-order valence-electron chi connectivity index (χ4n) is 5.93. The number of carboxylic acids is 2. The van der Waals surface area contributed by atoms with Gasteiger partial charge in [0.1, 0.15) is 18.1 Å². The predicted octanol–water partition coefficient (Wildman–Crippen LogP) is 0.147. The first-order valence-electron chi connectivity index (χ1n) is 17.1. The zero-order chi connectivity index (χ0) is 41.4. The molecule has 57 heavy (non-hydrogen) atoms. The first-order valence-corrected chi connectivity index (χ1v) is 19.0. The van der Waals surface area contributed by atoms with Crippen molar-refractivity contribution < 1.29 is 53.4 Å². The molecule has 2 aliphatic rings. The molecule has 0 bridgehead atoms. The van der Waals surface area contributed by atoms with E-state index in [4.69, 9.17) is 36.7 Å². The third-order valence-corrected chi connectivity index (χ3v) is 10.8. The summed E-state index contributed by atoms with van der Waals surface area (Å²) in [5, 5.41) is 34.5. The van der Waals surface area contributed by atoms with Gasteiger partial charge in [-0.05, 0) is 37.6 Å². The van der Waals surface area contributed by atoms with E-state index in [1.54, 1.807) is 0 Å². The number of thioether (sulfide) groups is 1. The van der Waals surface area contributed by atoms with E-state index in [0.717, 1.165) is 27.8 Å². The third-order valence-electron chi connectivity index (χ3n) is 8.74. The van der Waals surface area contributed by atoms with E-state index in [0.29, 0.717) is 31.0 Å². The van der Waals surface area contributed by atoms with Gasteiger partial charge in [0.2, 0.25) is 11.5 Å². The van der Waals surface area contributed by atoms with Crippen LogP contribution in [0.15, 0.2) is 81.8 Å². The molecule has 1 aromatic carbocycles. The Balaban J connectivity index is 0.00000200. The van der Waals surface area contributed by atoms with Crippen LogP contribution in [0, 0.1) is 5.92 Å². The number of amides is 1. The molecule has 1 saturated heterocycles. The molecule has 21 heteroatoms. The number of hydrogen-bond donors (Lipinski definition) is 5. The van der Waals surface area contributed by atoms with Crippen molar-refractivity contribution in [2.24, 2.45) is 27.5 Å². The summed E-state index contributed by atoms with van der Waals surface area (Å²) < 4.78 is 9.62. The standard InChI is InChI=1S/C35H37N9O8S2.CH2O2/c1-35(2,32(49)50)52-41-27(24-18-54-34(38)40-24)26(45)13-23-29(46)44-28(31(47)48)21(17-53-30(23)44)16-42-10-8-25-20(15-42)7-11-43(25)14-19-3-5-22(6-4-19)51-12-9-39-33(36)37;2-1-3/h3-8,10-11,15,18,23,30H,9,12-14,16-17H2,1-2H3,(H7-,36,37,38,39,40,47,48,49,50);1H,(H,2,3)/b41-27-;/t23-,30-;/m1./s1. The number of aliphatic imine (C=N–C) groups is 1. The molecule has 3 aromatic heterocycles.